The SMILES string of the molecule is O=C(COc1ccc2c(c1)CCC(=O)N2)Nc1nc(-c2cc(Cl)sc2Cl)cs1. The zero-order valence-electron chi connectivity index (χ0n) is 14.3. The summed E-state index contributed by atoms with van der Waals surface area (Å²) in [4.78, 5) is 27.9. The van der Waals surface area contributed by atoms with Crippen LogP contribution in [0.2, 0.25) is 8.67 Å². The second-order valence-electron chi connectivity index (χ2n) is 5.98. The number of thiazole rings is 1. The number of fused-ring (bicyclic) bond motifs is 1. The first-order valence-corrected chi connectivity index (χ1v) is 10.7. The van der Waals surface area contributed by atoms with Crippen molar-refractivity contribution >= 4 is 68.5 Å². The third-order valence-corrected chi connectivity index (χ3v) is 6.27. The Hall–Kier alpha value is -2.13. The first kappa shape index (κ1) is 19.2. The Bertz CT molecular complexity index is 1060. The lowest BCUT2D eigenvalue weighted by Crippen LogP contribution is -2.21. The van der Waals surface area contributed by atoms with Gasteiger partial charge in [-0.05, 0) is 36.2 Å². The van der Waals surface area contributed by atoms with Crippen LogP contribution in [0.5, 0.6) is 5.75 Å². The Morgan fingerprint density at radius 1 is 1.29 bits per heavy atom. The number of hydrogen-bond donors (Lipinski definition) is 2. The molecule has 1 aliphatic rings. The van der Waals surface area contributed by atoms with Crippen LogP contribution >= 0.6 is 45.9 Å². The van der Waals surface area contributed by atoms with E-state index in [-0.39, 0.29) is 18.4 Å². The summed E-state index contributed by atoms with van der Waals surface area (Å²) in [5.74, 6) is 0.264. The van der Waals surface area contributed by atoms with Crippen LogP contribution in [0.3, 0.4) is 0 Å². The predicted octanol–water partition coefficient (Wildman–Crippen LogP) is 5.08. The highest BCUT2D eigenvalue weighted by molar-refractivity contribution is 7.20. The quantitative estimate of drug-likeness (QED) is 0.564. The van der Waals surface area contributed by atoms with Gasteiger partial charge in [0, 0.05) is 23.1 Å². The molecule has 0 saturated carbocycles. The molecule has 2 amide bonds. The monoisotopic (exact) mass is 453 g/mol. The van der Waals surface area contributed by atoms with Crippen LogP contribution in [0.15, 0.2) is 29.6 Å². The van der Waals surface area contributed by atoms with E-state index >= 15 is 0 Å². The van der Waals surface area contributed by atoms with Gasteiger partial charge in [0.15, 0.2) is 11.7 Å². The molecule has 3 aromatic rings. The fraction of sp³-hybridized carbons (Fsp3) is 0.167. The van der Waals surface area contributed by atoms with E-state index in [1.54, 1.807) is 23.6 Å². The highest BCUT2D eigenvalue weighted by atomic mass is 35.5. The number of nitrogens with one attached hydrogen (secondary N) is 2. The number of nitrogens with zero attached hydrogens (tertiary/aromatic N) is 1. The fourth-order valence-electron chi connectivity index (χ4n) is 2.72. The van der Waals surface area contributed by atoms with Crippen LogP contribution in [0.4, 0.5) is 10.8 Å². The van der Waals surface area contributed by atoms with Gasteiger partial charge in [0.2, 0.25) is 5.91 Å². The van der Waals surface area contributed by atoms with E-state index in [0.29, 0.717) is 38.1 Å². The Morgan fingerprint density at radius 2 is 2.14 bits per heavy atom. The number of aromatic nitrogens is 1. The molecule has 0 fully saturated rings. The van der Waals surface area contributed by atoms with E-state index < -0.39 is 0 Å². The molecule has 0 saturated heterocycles. The van der Waals surface area contributed by atoms with Crippen LogP contribution in [0.25, 0.3) is 11.3 Å². The lowest BCUT2D eigenvalue weighted by molar-refractivity contribution is -0.118. The molecule has 4 rings (SSSR count). The Kier molecular flexibility index (Phi) is 5.54. The standard InChI is InChI=1S/C18H13Cl2N3O3S2/c19-14-6-11(17(20)28-14)13-8-27-18(22-13)23-16(25)7-26-10-2-3-12-9(5-10)1-4-15(24)21-12/h2-3,5-6,8H,1,4,7H2,(H,21,24)(H,22,23,25). The zero-order valence-corrected chi connectivity index (χ0v) is 17.4. The number of rotatable bonds is 5. The molecule has 1 aromatic carbocycles. The molecule has 6 nitrogen and oxygen atoms in total. The number of carbonyl (C=O) groups is 2. The van der Waals surface area contributed by atoms with Gasteiger partial charge >= 0.3 is 0 Å². The molecule has 2 aromatic heterocycles. The first-order valence-electron chi connectivity index (χ1n) is 8.24. The third-order valence-electron chi connectivity index (χ3n) is 4.03. The topological polar surface area (TPSA) is 80.3 Å². The molecule has 2 N–H and O–H groups in total. The minimum atomic E-state index is -0.318. The molecule has 0 aliphatic carbocycles. The second-order valence-corrected chi connectivity index (χ2v) is 9.12. The van der Waals surface area contributed by atoms with Gasteiger partial charge in [-0.2, -0.15) is 0 Å². The van der Waals surface area contributed by atoms with Gasteiger partial charge in [-0.1, -0.05) is 23.2 Å². The van der Waals surface area contributed by atoms with E-state index in [1.165, 1.54) is 22.7 Å². The van der Waals surface area contributed by atoms with Crippen molar-refractivity contribution < 1.29 is 14.3 Å². The van der Waals surface area contributed by atoms with Crippen molar-refractivity contribution in [3.63, 3.8) is 0 Å². The van der Waals surface area contributed by atoms with Crippen molar-refractivity contribution in [1.82, 2.24) is 4.98 Å². The summed E-state index contributed by atoms with van der Waals surface area (Å²) in [5, 5.41) is 7.78. The van der Waals surface area contributed by atoms with Gasteiger partial charge in [-0.25, -0.2) is 4.98 Å². The number of benzene rings is 1. The third kappa shape index (κ3) is 4.30. The molecular formula is C18H13Cl2N3O3S2. The fourth-order valence-corrected chi connectivity index (χ4v) is 4.93. The Balaban J connectivity index is 1.35. The number of carbonyl (C=O) groups excluding carboxylic acids is 2. The van der Waals surface area contributed by atoms with Crippen molar-refractivity contribution in [2.24, 2.45) is 0 Å². The number of amides is 2. The maximum absolute atomic E-state index is 12.2. The molecule has 0 atom stereocenters. The lowest BCUT2D eigenvalue weighted by atomic mass is 10.0. The largest absolute Gasteiger partial charge is 0.484 e. The Morgan fingerprint density at radius 3 is 2.93 bits per heavy atom. The molecule has 10 heteroatoms. The number of aryl methyl sites for hydroxylation is 1. The summed E-state index contributed by atoms with van der Waals surface area (Å²) in [6, 6.07) is 7.09. The molecule has 3 heterocycles. The number of hydrogen-bond acceptors (Lipinski definition) is 6. The molecule has 28 heavy (non-hydrogen) atoms. The van der Waals surface area contributed by atoms with Gasteiger partial charge in [-0.15, -0.1) is 22.7 Å². The van der Waals surface area contributed by atoms with Crippen molar-refractivity contribution in [3.05, 3.63) is 43.9 Å². The van der Waals surface area contributed by atoms with Crippen LogP contribution in [-0.2, 0) is 16.0 Å². The average molecular weight is 454 g/mol. The van der Waals surface area contributed by atoms with Crippen LogP contribution in [0, 0.1) is 0 Å². The molecule has 0 unspecified atom stereocenters. The van der Waals surface area contributed by atoms with Crippen molar-refractivity contribution in [1.29, 1.82) is 0 Å². The van der Waals surface area contributed by atoms with Gasteiger partial charge in [-0.3, -0.25) is 14.9 Å². The highest BCUT2D eigenvalue weighted by Crippen LogP contribution is 2.39. The van der Waals surface area contributed by atoms with Gasteiger partial charge < -0.3 is 10.1 Å². The highest BCUT2D eigenvalue weighted by Gasteiger charge is 2.16. The van der Waals surface area contributed by atoms with Crippen LogP contribution in [0.1, 0.15) is 12.0 Å². The summed E-state index contributed by atoms with van der Waals surface area (Å²) in [6.07, 6.45) is 1.10. The van der Waals surface area contributed by atoms with Gasteiger partial charge in [0.05, 0.1) is 10.0 Å². The first-order chi connectivity index (χ1) is 13.5. The summed E-state index contributed by atoms with van der Waals surface area (Å²) in [6.45, 7) is -0.148. The minimum Gasteiger partial charge on any atom is -0.484 e. The number of ether oxygens (including phenoxy) is 1. The van der Waals surface area contributed by atoms with Crippen molar-refractivity contribution in [3.8, 4) is 17.0 Å². The number of anilines is 2. The summed E-state index contributed by atoms with van der Waals surface area (Å²) >= 11 is 14.7. The maximum atomic E-state index is 12.2. The lowest BCUT2D eigenvalue weighted by Gasteiger charge is -2.17. The van der Waals surface area contributed by atoms with Gasteiger partial charge in [0.25, 0.3) is 5.91 Å². The molecule has 0 bridgehead atoms. The second kappa shape index (κ2) is 8.08. The summed E-state index contributed by atoms with van der Waals surface area (Å²) in [5.41, 5.74) is 3.18. The summed E-state index contributed by atoms with van der Waals surface area (Å²) in [7, 11) is 0. The maximum Gasteiger partial charge on any atom is 0.264 e. The molecule has 0 spiro atoms. The van der Waals surface area contributed by atoms with E-state index in [0.717, 1.165) is 16.8 Å². The molecule has 0 radical (unpaired) electrons. The van der Waals surface area contributed by atoms with Crippen LogP contribution in [-0.4, -0.2) is 23.4 Å². The summed E-state index contributed by atoms with van der Waals surface area (Å²) < 4.78 is 6.70. The van der Waals surface area contributed by atoms with Crippen molar-refractivity contribution in [2.75, 3.05) is 17.2 Å². The number of halogens is 2. The molecule has 1 aliphatic heterocycles. The van der Waals surface area contributed by atoms with Crippen molar-refractivity contribution in [2.45, 2.75) is 12.8 Å². The van der Waals surface area contributed by atoms with E-state index in [9.17, 15) is 9.59 Å². The molecular weight excluding hydrogens is 441 g/mol. The minimum absolute atomic E-state index is 0.00868. The normalized spacial score (nSPS) is 13.0. The Labute approximate surface area is 178 Å². The van der Waals surface area contributed by atoms with Gasteiger partial charge in [0.1, 0.15) is 10.1 Å². The smallest absolute Gasteiger partial charge is 0.264 e. The molecule has 144 valence electrons. The van der Waals surface area contributed by atoms with E-state index in [2.05, 4.69) is 15.6 Å². The van der Waals surface area contributed by atoms with E-state index in [4.69, 9.17) is 27.9 Å². The zero-order chi connectivity index (χ0) is 19.7. The number of thiophene rings is 1. The predicted molar refractivity (Wildman–Crippen MR) is 113 cm³/mol. The van der Waals surface area contributed by atoms with E-state index in [1.807, 2.05) is 6.07 Å². The average Bonchev–Trinajstić information content (AvgIpc) is 3.25. The van der Waals surface area contributed by atoms with Crippen LogP contribution < -0.4 is 15.4 Å².